The van der Waals surface area contributed by atoms with Gasteiger partial charge in [0.25, 0.3) is 0 Å². The van der Waals surface area contributed by atoms with E-state index < -0.39 is 11.9 Å². The largest absolute Gasteiger partial charge is 0.481 e. The van der Waals surface area contributed by atoms with Crippen molar-refractivity contribution in [1.29, 1.82) is 0 Å². The van der Waals surface area contributed by atoms with Crippen LogP contribution in [-0.4, -0.2) is 58.9 Å². The Kier molecular flexibility index (Phi) is 5.20. The second-order valence-corrected chi connectivity index (χ2v) is 6.02. The molecule has 1 saturated carbocycles. The van der Waals surface area contributed by atoms with Gasteiger partial charge in [-0.25, -0.2) is 0 Å². The van der Waals surface area contributed by atoms with E-state index in [-0.39, 0.29) is 17.7 Å². The summed E-state index contributed by atoms with van der Waals surface area (Å²) in [4.78, 5) is 38.9. The number of amides is 2. The van der Waals surface area contributed by atoms with Crippen LogP contribution in [0.15, 0.2) is 0 Å². The van der Waals surface area contributed by atoms with Crippen molar-refractivity contribution in [3.05, 3.63) is 0 Å². The van der Waals surface area contributed by atoms with Crippen LogP contribution in [-0.2, 0) is 14.4 Å². The van der Waals surface area contributed by atoms with Crippen molar-refractivity contribution in [2.45, 2.75) is 39.0 Å². The summed E-state index contributed by atoms with van der Waals surface area (Å²) in [6.45, 7) is 3.89. The van der Waals surface area contributed by atoms with E-state index in [1.54, 1.807) is 16.7 Å². The van der Waals surface area contributed by atoms with Gasteiger partial charge < -0.3 is 14.9 Å². The van der Waals surface area contributed by atoms with Crippen molar-refractivity contribution in [2.75, 3.05) is 26.2 Å². The van der Waals surface area contributed by atoms with Gasteiger partial charge in [0.1, 0.15) is 0 Å². The summed E-state index contributed by atoms with van der Waals surface area (Å²) in [7, 11) is 0. The molecule has 2 fully saturated rings. The minimum atomic E-state index is -0.853. The molecule has 0 radical (unpaired) electrons. The molecule has 2 atom stereocenters. The Hall–Kier alpha value is -1.59. The first-order chi connectivity index (χ1) is 10.0. The first-order valence-corrected chi connectivity index (χ1v) is 7.78. The highest BCUT2D eigenvalue weighted by molar-refractivity contribution is 5.85. The fourth-order valence-electron chi connectivity index (χ4n) is 3.41. The lowest BCUT2D eigenvalue weighted by Crippen LogP contribution is -2.44. The Morgan fingerprint density at radius 2 is 1.43 bits per heavy atom. The Balaban J connectivity index is 2.01. The van der Waals surface area contributed by atoms with Crippen molar-refractivity contribution in [3.8, 4) is 0 Å². The molecule has 0 bridgehead atoms. The van der Waals surface area contributed by atoms with Gasteiger partial charge in [0, 0.05) is 33.1 Å². The standard InChI is InChI=1S/C15H24N2O4/c1-11(18)16-7-4-8-17(10-9-16)14(19)12-5-2-3-6-13(12)15(20)21/h12-13H,2-10H2,1H3,(H,20,21)/t12-,13+/m1/s1. The number of rotatable bonds is 2. The minimum absolute atomic E-state index is 0.0328. The SMILES string of the molecule is CC(=O)N1CCCN(C(=O)[C@@H]2CCCC[C@@H]2C(=O)O)CC1. The highest BCUT2D eigenvalue weighted by atomic mass is 16.4. The lowest BCUT2D eigenvalue weighted by Gasteiger charge is -2.32. The third-order valence-electron chi connectivity index (χ3n) is 4.65. The van der Waals surface area contributed by atoms with Crippen LogP contribution in [0.5, 0.6) is 0 Å². The zero-order chi connectivity index (χ0) is 15.4. The van der Waals surface area contributed by atoms with Crippen LogP contribution in [0.25, 0.3) is 0 Å². The van der Waals surface area contributed by atoms with E-state index in [2.05, 4.69) is 0 Å². The predicted molar refractivity (Wildman–Crippen MR) is 76.5 cm³/mol. The summed E-state index contributed by atoms with van der Waals surface area (Å²) in [5.74, 6) is -1.79. The summed E-state index contributed by atoms with van der Waals surface area (Å²) in [6.07, 6.45) is 3.84. The lowest BCUT2D eigenvalue weighted by atomic mass is 9.78. The molecule has 1 aliphatic heterocycles. The average molecular weight is 296 g/mol. The third kappa shape index (κ3) is 3.74. The van der Waals surface area contributed by atoms with E-state index in [4.69, 9.17) is 0 Å². The number of hydrogen-bond donors (Lipinski definition) is 1. The Labute approximate surface area is 125 Å². The van der Waals surface area contributed by atoms with Crippen LogP contribution in [0.1, 0.15) is 39.0 Å². The monoisotopic (exact) mass is 296 g/mol. The van der Waals surface area contributed by atoms with Crippen LogP contribution in [0.2, 0.25) is 0 Å². The molecule has 1 saturated heterocycles. The van der Waals surface area contributed by atoms with Crippen LogP contribution >= 0.6 is 0 Å². The van der Waals surface area contributed by atoms with E-state index in [9.17, 15) is 19.5 Å². The van der Waals surface area contributed by atoms with Gasteiger partial charge in [-0.2, -0.15) is 0 Å². The third-order valence-corrected chi connectivity index (χ3v) is 4.65. The van der Waals surface area contributed by atoms with Crippen molar-refractivity contribution in [2.24, 2.45) is 11.8 Å². The van der Waals surface area contributed by atoms with E-state index in [0.717, 1.165) is 19.3 Å². The van der Waals surface area contributed by atoms with Gasteiger partial charge in [0.2, 0.25) is 11.8 Å². The Morgan fingerprint density at radius 1 is 0.857 bits per heavy atom. The molecular formula is C15H24N2O4. The van der Waals surface area contributed by atoms with Crippen LogP contribution in [0.4, 0.5) is 0 Å². The highest BCUT2D eigenvalue weighted by Crippen LogP contribution is 2.32. The smallest absolute Gasteiger partial charge is 0.307 e. The van der Waals surface area contributed by atoms with E-state index in [0.29, 0.717) is 39.0 Å². The molecular weight excluding hydrogens is 272 g/mol. The molecule has 2 rings (SSSR count). The molecule has 0 unspecified atom stereocenters. The first-order valence-electron chi connectivity index (χ1n) is 7.78. The molecule has 0 aromatic heterocycles. The van der Waals surface area contributed by atoms with Gasteiger partial charge in [-0.1, -0.05) is 12.8 Å². The first kappa shape index (κ1) is 15.8. The van der Waals surface area contributed by atoms with Crippen molar-refractivity contribution in [1.82, 2.24) is 9.80 Å². The predicted octanol–water partition coefficient (Wildman–Crippen LogP) is 0.958. The lowest BCUT2D eigenvalue weighted by molar-refractivity contribution is -0.152. The van der Waals surface area contributed by atoms with Gasteiger partial charge >= 0.3 is 5.97 Å². The second-order valence-electron chi connectivity index (χ2n) is 6.02. The fourth-order valence-corrected chi connectivity index (χ4v) is 3.41. The molecule has 0 aromatic rings. The molecule has 1 N–H and O–H groups in total. The molecule has 0 spiro atoms. The van der Waals surface area contributed by atoms with Gasteiger partial charge in [-0.3, -0.25) is 14.4 Å². The second kappa shape index (κ2) is 6.91. The number of aliphatic carboxylic acids is 1. The summed E-state index contributed by atoms with van der Waals surface area (Å²) in [5, 5.41) is 9.30. The molecule has 0 aromatic carbocycles. The van der Waals surface area contributed by atoms with Crippen LogP contribution in [0.3, 0.4) is 0 Å². The van der Waals surface area contributed by atoms with Crippen LogP contribution < -0.4 is 0 Å². The maximum Gasteiger partial charge on any atom is 0.307 e. The maximum atomic E-state index is 12.7. The molecule has 2 amide bonds. The van der Waals surface area contributed by atoms with E-state index in [1.165, 1.54) is 0 Å². The normalized spacial score (nSPS) is 27.1. The number of nitrogens with zero attached hydrogens (tertiary/aromatic N) is 2. The molecule has 1 aliphatic carbocycles. The number of carboxylic acid groups (broad SMARTS) is 1. The summed E-state index contributed by atoms with van der Waals surface area (Å²) in [5.41, 5.74) is 0. The molecule has 21 heavy (non-hydrogen) atoms. The van der Waals surface area contributed by atoms with Crippen molar-refractivity contribution >= 4 is 17.8 Å². The average Bonchev–Trinajstić information content (AvgIpc) is 2.72. The van der Waals surface area contributed by atoms with Gasteiger partial charge in [0.05, 0.1) is 11.8 Å². The number of hydrogen-bond acceptors (Lipinski definition) is 3. The molecule has 6 heteroatoms. The van der Waals surface area contributed by atoms with E-state index >= 15 is 0 Å². The van der Waals surface area contributed by atoms with Crippen LogP contribution in [0, 0.1) is 11.8 Å². The molecule has 2 aliphatic rings. The van der Waals surface area contributed by atoms with Crippen molar-refractivity contribution < 1.29 is 19.5 Å². The number of carboxylic acids is 1. The van der Waals surface area contributed by atoms with E-state index in [1.807, 2.05) is 0 Å². The quantitative estimate of drug-likeness (QED) is 0.823. The summed E-state index contributed by atoms with van der Waals surface area (Å²) in [6, 6.07) is 0. The summed E-state index contributed by atoms with van der Waals surface area (Å²) < 4.78 is 0. The van der Waals surface area contributed by atoms with Gasteiger partial charge in [0.15, 0.2) is 0 Å². The van der Waals surface area contributed by atoms with Crippen molar-refractivity contribution in [3.63, 3.8) is 0 Å². The summed E-state index contributed by atoms with van der Waals surface area (Å²) >= 11 is 0. The Morgan fingerprint density at radius 3 is 2.05 bits per heavy atom. The molecule has 6 nitrogen and oxygen atoms in total. The number of carbonyl (C=O) groups is 3. The highest BCUT2D eigenvalue weighted by Gasteiger charge is 2.38. The minimum Gasteiger partial charge on any atom is -0.481 e. The van der Waals surface area contributed by atoms with Gasteiger partial charge in [-0.15, -0.1) is 0 Å². The molecule has 118 valence electrons. The zero-order valence-corrected chi connectivity index (χ0v) is 12.6. The maximum absolute atomic E-state index is 12.7. The zero-order valence-electron chi connectivity index (χ0n) is 12.6. The Bertz CT molecular complexity index is 424. The topological polar surface area (TPSA) is 77.9 Å². The number of carbonyl (C=O) groups excluding carboxylic acids is 2. The van der Waals surface area contributed by atoms with Gasteiger partial charge in [-0.05, 0) is 19.3 Å². The fraction of sp³-hybridized carbons (Fsp3) is 0.800. The molecule has 1 heterocycles.